The van der Waals surface area contributed by atoms with Gasteiger partial charge in [0.1, 0.15) is 18.1 Å². The van der Waals surface area contributed by atoms with E-state index in [1.165, 1.54) is 4.90 Å². The highest BCUT2D eigenvalue weighted by molar-refractivity contribution is 5.98. The first kappa shape index (κ1) is 15.5. The van der Waals surface area contributed by atoms with Gasteiger partial charge in [-0.1, -0.05) is 30.3 Å². The Morgan fingerprint density at radius 1 is 1.04 bits per heavy atom. The van der Waals surface area contributed by atoms with Crippen LogP contribution in [0.3, 0.4) is 0 Å². The van der Waals surface area contributed by atoms with E-state index in [9.17, 15) is 14.7 Å². The number of ether oxygens (including phenoxy) is 2. The van der Waals surface area contributed by atoms with Gasteiger partial charge in [0.15, 0.2) is 0 Å². The van der Waals surface area contributed by atoms with Crippen LogP contribution < -0.4 is 14.4 Å². The van der Waals surface area contributed by atoms with Gasteiger partial charge in [-0.15, -0.1) is 0 Å². The normalized spacial score (nSPS) is 21.4. The van der Waals surface area contributed by atoms with Crippen molar-refractivity contribution in [1.82, 2.24) is 0 Å². The van der Waals surface area contributed by atoms with Crippen LogP contribution in [0.15, 0.2) is 48.5 Å². The number of para-hydroxylation sites is 3. The average Bonchev–Trinajstić information content (AvgIpc) is 2.66. The molecule has 2 aromatic carbocycles. The molecule has 0 spiro atoms. The van der Waals surface area contributed by atoms with Crippen LogP contribution in [0, 0.1) is 5.92 Å². The summed E-state index contributed by atoms with van der Waals surface area (Å²) >= 11 is 0. The van der Waals surface area contributed by atoms with E-state index in [0.29, 0.717) is 17.9 Å². The van der Waals surface area contributed by atoms with Gasteiger partial charge in [0.25, 0.3) is 0 Å². The number of anilines is 1. The Kier molecular flexibility index (Phi) is 3.80. The number of carbonyl (C=O) groups is 2. The summed E-state index contributed by atoms with van der Waals surface area (Å²) in [6.45, 7) is 0.274. The highest BCUT2D eigenvalue weighted by Crippen LogP contribution is 2.35. The van der Waals surface area contributed by atoms with Crippen LogP contribution in [-0.4, -0.2) is 36.2 Å². The summed E-state index contributed by atoms with van der Waals surface area (Å²) in [5.41, 5.74) is 1.59. The van der Waals surface area contributed by atoms with Crippen molar-refractivity contribution in [3.63, 3.8) is 0 Å². The lowest BCUT2D eigenvalue weighted by Gasteiger charge is -2.36. The Morgan fingerprint density at radius 2 is 1.76 bits per heavy atom. The van der Waals surface area contributed by atoms with E-state index >= 15 is 0 Å². The molecule has 128 valence electrons. The second kappa shape index (κ2) is 6.12. The molecule has 0 saturated heterocycles. The van der Waals surface area contributed by atoms with E-state index in [1.54, 1.807) is 24.3 Å². The van der Waals surface area contributed by atoms with Gasteiger partial charge in [-0.3, -0.25) is 4.79 Å². The SMILES string of the molecule is O=C(O)C1CN(C(=O)C2COc3ccccc3C2)c2ccccc2O1. The molecule has 0 fully saturated rings. The summed E-state index contributed by atoms with van der Waals surface area (Å²) in [6, 6.07) is 14.7. The lowest BCUT2D eigenvalue weighted by Crippen LogP contribution is -2.50. The molecule has 6 nitrogen and oxygen atoms in total. The van der Waals surface area contributed by atoms with Gasteiger partial charge in [0, 0.05) is 0 Å². The zero-order chi connectivity index (χ0) is 17.4. The molecule has 1 amide bonds. The first-order valence-electron chi connectivity index (χ1n) is 8.14. The number of hydrogen-bond donors (Lipinski definition) is 1. The second-order valence-electron chi connectivity index (χ2n) is 6.18. The summed E-state index contributed by atoms with van der Waals surface area (Å²) in [5, 5.41) is 9.32. The molecule has 6 heteroatoms. The van der Waals surface area contributed by atoms with Crippen LogP contribution in [0.5, 0.6) is 11.5 Å². The second-order valence-corrected chi connectivity index (χ2v) is 6.18. The van der Waals surface area contributed by atoms with E-state index in [4.69, 9.17) is 9.47 Å². The third kappa shape index (κ3) is 2.80. The minimum atomic E-state index is -1.09. The summed E-state index contributed by atoms with van der Waals surface area (Å²) in [6.07, 6.45) is -0.498. The molecular weight excluding hydrogens is 322 g/mol. The zero-order valence-electron chi connectivity index (χ0n) is 13.4. The van der Waals surface area contributed by atoms with E-state index in [1.807, 2.05) is 24.3 Å². The fourth-order valence-corrected chi connectivity index (χ4v) is 3.28. The first-order valence-corrected chi connectivity index (χ1v) is 8.14. The Bertz CT molecular complexity index is 834. The fourth-order valence-electron chi connectivity index (χ4n) is 3.28. The van der Waals surface area contributed by atoms with Crippen molar-refractivity contribution in [3.05, 3.63) is 54.1 Å². The van der Waals surface area contributed by atoms with Crippen molar-refractivity contribution in [1.29, 1.82) is 0 Å². The van der Waals surface area contributed by atoms with Crippen molar-refractivity contribution in [2.24, 2.45) is 5.92 Å². The molecule has 4 rings (SSSR count). The molecule has 2 atom stereocenters. The smallest absolute Gasteiger partial charge is 0.346 e. The number of carbonyl (C=O) groups excluding carboxylic acids is 1. The molecule has 2 heterocycles. The number of benzene rings is 2. The van der Waals surface area contributed by atoms with Crippen LogP contribution >= 0.6 is 0 Å². The van der Waals surface area contributed by atoms with Crippen molar-refractivity contribution in [3.8, 4) is 11.5 Å². The molecular formula is C19H17NO5. The molecule has 0 aliphatic carbocycles. The van der Waals surface area contributed by atoms with E-state index < -0.39 is 12.1 Å². The van der Waals surface area contributed by atoms with Crippen molar-refractivity contribution < 1.29 is 24.2 Å². The number of hydrogen-bond acceptors (Lipinski definition) is 4. The molecule has 0 bridgehead atoms. The molecule has 2 aromatic rings. The molecule has 1 N–H and O–H groups in total. The minimum Gasteiger partial charge on any atom is -0.492 e. The molecule has 0 aromatic heterocycles. The molecule has 2 unspecified atom stereocenters. The summed E-state index contributed by atoms with van der Waals surface area (Å²) in [4.78, 5) is 26.0. The summed E-state index contributed by atoms with van der Waals surface area (Å²) in [5.74, 6) is -0.367. The van der Waals surface area contributed by atoms with Gasteiger partial charge >= 0.3 is 5.97 Å². The van der Waals surface area contributed by atoms with Gasteiger partial charge in [0.05, 0.1) is 18.2 Å². The topological polar surface area (TPSA) is 76.1 Å². The average molecular weight is 339 g/mol. The Balaban J connectivity index is 1.62. The third-order valence-electron chi connectivity index (χ3n) is 4.54. The molecule has 2 aliphatic rings. The lowest BCUT2D eigenvalue weighted by atomic mass is 9.95. The first-order chi connectivity index (χ1) is 12.1. The number of nitrogens with zero attached hydrogens (tertiary/aromatic N) is 1. The highest BCUT2D eigenvalue weighted by atomic mass is 16.5. The van der Waals surface area contributed by atoms with Gasteiger partial charge in [-0.25, -0.2) is 4.79 Å². The lowest BCUT2D eigenvalue weighted by molar-refractivity contribution is -0.145. The number of carboxylic acids is 1. The van der Waals surface area contributed by atoms with Crippen molar-refractivity contribution in [2.75, 3.05) is 18.1 Å². The quantitative estimate of drug-likeness (QED) is 0.907. The predicted octanol–water partition coefficient (Wildman–Crippen LogP) is 2.12. The number of amides is 1. The highest BCUT2D eigenvalue weighted by Gasteiger charge is 2.37. The van der Waals surface area contributed by atoms with Crippen LogP contribution in [0.2, 0.25) is 0 Å². The van der Waals surface area contributed by atoms with Gasteiger partial charge in [-0.2, -0.15) is 0 Å². The van der Waals surface area contributed by atoms with Crippen LogP contribution in [0.4, 0.5) is 5.69 Å². The van der Waals surface area contributed by atoms with E-state index in [0.717, 1.165) is 11.3 Å². The maximum atomic E-state index is 13.1. The largest absolute Gasteiger partial charge is 0.492 e. The molecule has 0 radical (unpaired) electrons. The molecule has 0 saturated carbocycles. The van der Waals surface area contributed by atoms with Crippen LogP contribution in [-0.2, 0) is 16.0 Å². The summed E-state index contributed by atoms with van der Waals surface area (Å²) in [7, 11) is 0. The molecule has 2 aliphatic heterocycles. The predicted molar refractivity (Wildman–Crippen MR) is 90.0 cm³/mol. The standard InChI is InChI=1S/C19H17NO5/c21-18(13-9-12-5-1-3-7-15(12)24-11-13)20-10-17(19(22)23)25-16-8-4-2-6-14(16)20/h1-8,13,17H,9-11H2,(H,22,23). The van der Waals surface area contributed by atoms with E-state index in [2.05, 4.69) is 0 Å². The monoisotopic (exact) mass is 339 g/mol. The molecule has 25 heavy (non-hydrogen) atoms. The fraction of sp³-hybridized carbons (Fsp3) is 0.263. The Morgan fingerprint density at radius 3 is 2.56 bits per heavy atom. The number of carboxylic acid groups (broad SMARTS) is 1. The van der Waals surface area contributed by atoms with Crippen molar-refractivity contribution in [2.45, 2.75) is 12.5 Å². The van der Waals surface area contributed by atoms with Crippen LogP contribution in [0.1, 0.15) is 5.56 Å². The minimum absolute atomic E-state index is 0.0106. The number of rotatable bonds is 2. The number of fused-ring (bicyclic) bond motifs is 2. The van der Waals surface area contributed by atoms with Gasteiger partial charge in [0.2, 0.25) is 12.0 Å². The maximum absolute atomic E-state index is 13.1. The Hall–Kier alpha value is -3.02. The van der Waals surface area contributed by atoms with E-state index in [-0.39, 0.29) is 25.0 Å². The zero-order valence-corrected chi connectivity index (χ0v) is 13.4. The third-order valence-corrected chi connectivity index (χ3v) is 4.54. The Labute approximate surface area is 144 Å². The maximum Gasteiger partial charge on any atom is 0.346 e. The van der Waals surface area contributed by atoms with Crippen molar-refractivity contribution >= 4 is 17.6 Å². The summed E-state index contributed by atoms with van der Waals surface area (Å²) < 4.78 is 11.2. The van der Waals surface area contributed by atoms with Crippen LogP contribution in [0.25, 0.3) is 0 Å². The van der Waals surface area contributed by atoms with Gasteiger partial charge < -0.3 is 19.5 Å². The van der Waals surface area contributed by atoms with Gasteiger partial charge in [-0.05, 0) is 30.2 Å². The number of aliphatic carboxylic acids is 1.